The molecule has 0 saturated heterocycles. The van der Waals surface area contributed by atoms with E-state index in [4.69, 9.17) is 11.5 Å². The monoisotopic (exact) mass is 242 g/mol. The molecule has 4 N–H and O–H groups in total. The van der Waals surface area contributed by atoms with Crippen LogP contribution in [0.2, 0.25) is 0 Å². The summed E-state index contributed by atoms with van der Waals surface area (Å²) in [6, 6.07) is 6.23. The third-order valence-electron chi connectivity index (χ3n) is 2.32. The molecular formula is C11H19ClN4. The molecule has 1 aromatic rings. The number of nitrogens with zero attached hydrogens (tertiary/aromatic N) is 2. The first-order valence-corrected chi connectivity index (χ1v) is 4.86. The van der Waals surface area contributed by atoms with Gasteiger partial charge in [-0.2, -0.15) is 0 Å². The molecule has 0 fully saturated rings. The lowest BCUT2D eigenvalue weighted by Crippen LogP contribution is -2.27. The van der Waals surface area contributed by atoms with Gasteiger partial charge < -0.3 is 11.5 Å². The summed E-state index contributed by atoms with van der Waals surface area (Å²) < 4.78 is 0. The number of nitrogens with two attached hydrogens (primary N) is 2. The molecule has 0 aromatic heterocycles. The van der Waals surface area contributed by atoms with Gasteiger partial charge >= 0.3 is 0 Å². The van der Waals surface area contributed by atoms with Gasteiger partial charge in [-0.3, -0.25) is 5.01 Å². The first kappa shape index (κ1) is 14.6. The van der Waals surface area contributed by atoms with E-state index in [1.807, 2.05) is 7.05 Å². The second-order valence-electron chi connectivity index (χ2n) is 3.71. The van der Waals surface area contributed by atoms with E-state index in [2.05, 4.69) is 37.1 Å². The molecule has 1 rings (SSSR count). The number of hydrogen-bond donors (Lipinski definition) is 2. The molecule has 0 aliphatic heterocycles. The SMILES string of the molecule is Cc1cccc(C)c1CN(C)N=C(N)N.Cl. The van der Waals surface area contributed by atoms with Crippen LogP contribution < -0.4 is 11.5 Å². The lowest BCUT2D eigenvalue weighted by Gasteiger charge is -2.16. The Hall–Kier alpha value is -1.42. The van der Waals surface area contributed by atoms with Crippen LogP contribution in [0.15, 0.2) is 23.3 Å². The van der Waals surface area contributed by atoms with E-state index in [-0.39, 0.29) is 18.4 Å². The summed E-state index contributed by atoms with van der Waals surface area (Å²) >= 11 is 0. The summed E-state index contributed by atoms with van der Waals surface area (Å²) in [5.41, 5.74) is 14.4. The highest BCUT2D eigenvalue weighted by atomic mass is 35.5. The maximum absolute atomic E-state index is 5.31. The minimum atomic E-state index is 0. The third kappa shape index (κ3) is 3.98. The summed E-state index contributed by atoms with van der Waals surface area (Å²) in [7, 11) is 1.85. The van der Waals surface area contributed by atoms with E-state index in [9.17, 15) is 0 Å². The normalized spacial score (nSPS) is 9.19. The van der Waals surface area contributed by atoms with Gasteiger partial charge in [-0.25, -0.2) is 0 Å². The van der Waals surface area contributed by atoms with Crippen molar-refractivity contribution in [2.24, 2.45) is 16.6 Å². The number of benzene rings is 1. The van der Waals surface area contributed by atoms with Gasteiger partial charge in [0.25, 0.3) is 0 Å². The van der Waals surface area contributed by atoms with Crippen molar-refractivity contribution in [2.45, 2.75) is 20.4 Å². The van der Waals surface area contributed by atoms with Crippen LogP contribution in [0.25, 0.3) is 0 Å². The van der Waals surface area contributed by atoms with E-state index in [1.54, 1.807) is 5.01 Å². The van der Waals surface area contributed by atoms with Crippen molar-refractivity contribution in [3.05, 3.63) is 34.9 Å². The smallest absolute Gasteiger partial charge is 0.208 e. The molecule has 16 heavy (non-hydrogen) atoms. The molecule has 0 atom stereocenters. The average Bonchev–Trinajstić information content (AvgIpc) is 2.10. The predicted molar refractivity (Wildman–Crippen MR) is 70.4 cm³/mol. The molecule has 4 nitrogen and oxygen atoms in total. The molecule has 0 heterocycles. The van der Waals surface area contributed by atoms with Crippen LogP contribution >= 0.6 is 12.4 Å². The van der Waals surface area contributed by atoms with Crippen LogP contribution in [0, 0.1) is 13.8 Å². The first-order chi connectivity index (χ1) is 7.00. The van der Waals surface area contributed by atoms with Crippen molar-refractivity contribution in [3.8, 4) is 0 Å². The van der Waals surface area contributed by atoms with Crippen molar-refractivity contribution in [3.63, 3.8) is 0 Å². The van der Waals surface area contributed by atoms with Crippen LogP contribution in [0.3, 0.4) is 0 Å². The fourth-order valence-corrected chi connectivity index (χ4v) is 1.56. The third-order valence-corrected chi connectivity index (χ3v) is 2.32. The molecule has 0 aliphatic rings. The molecule has 1 aromatic carbocycles. The molecule has 0 saturated carbocycles. The highest BCUT2D eigenvalue weighted by Crippen LogP contribution is 2.14. The lowest BCUT2D eigenvalue weighted by atomic mass is 10.0. The zero-order valence-corrected chi connectivity index (χ0v) is 10.7. The van der Waals surface area contributed by atoms with Crippen LogP contribution in [-0.4, -0.2) is 18.0 Å². The standard InChI is InChI=1S/C11H18N4.ClH/c1-8-5-4-6-9(2)10(8)7-15(3)14-11(12)13;/h4-6H,7H2,1-3H3,(H4,12,13,14);1H. The number of hydrazone groups is 1. The summed E-state index contributed by atoms with van der Waals surface area (Å²) in [6.07, 6.45) is 0. The van der Waals surface area contributed by atoms with Crippen LogP contribution in [0.5, 0.6) is 0 Å². The van der Waals surface area contributed by atoms with Crippen molar-refractivity contribution in [2.75, 3.05) is 7.05 Å². The lowest BCUT2D eigenvalue weighted by molar-refractivity contribution is 0.344. The van der Waals surface area contributed by atoms with Crippen molar-refractivity contribution in [1.82, 2.24) is 5.01 Å². The number of halogens is 1. The Morgan fingerprint density at radius 2 is 1.75 bits per heavy atom. The molecule has 0 aliphatic carbocycles. The van der Waals surface area contributed by atoms with Crippen LogP contribution in [0.1, 0.15) is 16.7 Å². The van der Waals surface area contributed by atoms with Gasteiger partial charge in [0.05, 0.1) is 6.54 Å². The van der Waals surface area contributed by atoms with Gasteiger partial charge in [0.1, 0.15) is 0 Å². The second-order valence-corrected chi connectivity index (χ2v) is 3.71. The Labute approximate surface area is 103 Å². The Kier molecular flexibility index (Phi) is 5.67. The number of aryl methyl sites for hydroxylation is 2. The zero-order valence-electron chi connectivity index (χ0n) is 9.90. The van der Waals surface area contributed by atoms with Gasteiger partial charge in [-0.15, -0.1) is 17.5 Å². The fourth-order valence-electron chi connectivity index (χ4n) is 1.56. The zero-order chi connectivity index (χ0) is 11.4. The average molecular weight is 243 g/mol. The minimum Gasteiger partial charge on any atom is -0.369 e. The topological polar surface area (TPSA) is 67.6 Å². The van der Waals surface area contributed by atoms with E-state index in [1.165, 1.54) is 16.7 Å². The van der Waals surface area contributed by atoms with E-state index in [0.29, 0.717) is 0 Å². The molecule has 5 heteroatoms. The maximum atomic E-state index is 5.31. The van der Waals surface area contributed by atoms with Crippen LogP contribution in [-0.2, 0) is 6.54 Å². The first-order valence-electron chi connectivity index (χ1n) is 4.86. The predicted octanol–water partition coefficient (Wildman–Crippen LogP) is 1.35. The largest absolute Gasteiger partial charge is 0.369 e. The Morgan fingerprint density at radius 1 is 1.25 bits per heavy atom. The fraction of sp³-hybridized carbons (Fsp3) is 0.364. The maximum Gasteiger partial charge on any atom is 0.208 e. The van der Waals surface area contributed by atoms with Crippen LogP contribution in [0.4, 0.5) is 0 Å². The summed E-state index contributed by atoms with van der Waals surface area (Å²) in [5, 5.41) is 5.70. The van der Waals surface area contributed by atoms with Crippen molar-refractivity contribution < 1.29 is 0 Å². The summed E-state index contributed by atoms with van der Waals surface area (Å²) in [4.78, 5) is 0. The van der Waals surface area contributed by atoms with Crippen molar-refractivity contribution in [1.29, 1.82) is 0 Å². The summed E-state index contributed by atoms with van der Waals surface area (Å²) in [5.74, 6) is 0.0868. The van der Waals surface area contributed by atoms with Gasteiger partial charge in [0, 0.05) is 7.05 Å². The molecule has 90 valence electrons. The number of guanidine groups is 1. The van der Waals surface area contributed by atoms with Gasteiger partial charge in [-0.05, 0) is 30.5 Å². The van der Waals surface area contributed by atoms with Crippen molar-refractivity contribution >= 4 is 18.4 Å². The summed E-state index contributed by atoms with van der Waals surface area (Å²) in [6.45, 7) is 4.90. The molecule has 0 amide bonds. The molecule has 0 unspecified atom stereocenters. The van der Waals surface area contributed by atoms with Gasteiger partial charge in [-0.1, -0.05) is 18.2 Å². The number of hydrogen-bond acceptors (Lipinski definition) is 2. The number of rotatable bonds is 3. The molecule has 0 bridgehead atoms. The molecular weight excluding hydrogens is 224 g/mol. The Bertz CT molecular complexity index is 352. The Balaban J connectivity index is 0.00000225. The van der Waals surface area contributed by atoms with E-state index >= 15 is 0 Å². The highest BCUT2D eigenvalue weighted by molar-refractivity contribution is 5.85. The quantitative estimate of drug-likeness (QED) is 0.478. The Morgan fingerprint density at radius 3 is 2.19 bits per heavy atom. The highest BCUT2D eigenvalue weighted by Gasteiger charge is 2.04. The van der Waals surface area contributed by atoms with Gasteiger partial charge in [0.2, 0.25) is 5.96 Å². The van der Waals surface area contributed by atoms with E-state index < -0.39 is 0 Å². The van der Waals surface area contributed by atoms with E-state index in [0.717, 1.165) is 6.54 Å². The minimum absolute atomic E-state index is 0. The molecule has 0 spiro atoms. The second kappa shape index (κ2) is 6.23. The molecule has 0 radical (unpaired) electrons. The van der Waals surface area contributed by atoms with Gasteiger partial charge in [0.15, 0.2) is 0 Å².